The van der Waals surface area contributed by atoms with Crippen molar-refractivity contribution in [1.82, 2.24) is 10.1 Å². The lowest BCUT2D eigenvalue weighted by Gasteiger charge is -2.23. The highest BCUT2D eigenvalue weighted by Gasteiger charge is 2.33. The lowest BCUT2D eigenvalue weighted by molar-refractivity contribution is -0.131. The smallest absolute Gasteiger partial charge is 0.227 e. The van der Waals surface area contributed by atoms with E-state index in [-0.39, 0.29) is 34.9 Å². The van der Waals surface area contributed by atoms with Crippen molar-refractivity contribution in [2.75, 3.05) is 6.54 Å². The summed E-state index contributed by atoms with van der Waals surface area (Å²) >= 11 is 6.03. The van der Waals surface area contributed by atoms with Gasteiger partial charge in [-0.1, -0.05) is 36.7 Å². The summed E-state index contributed by atoms with van der Waals surface area (Å²) in [6.07, 6.45) is 1.68. The Morgan fingerprint density at radius 3 is 2.96 bits per heavy atom. The van der Waals surface area contributed by atoms with Crippen LogP contribution in [0.4, 0.5) is 4.39 Å². The first-order valence-corrected chi connectivity index (χ1v) is 8.54. The van der Waals surface area contributed by atoms with Gasteiger partial charge in [-0.25, -0.2) is 4.39 Å². The molecule has 1 aliphatic heterocycles. The van der Waals surface area contributed by atoms with E-state index in [1.807, 2.05) is 19.9 Å². The van der Waals surface area contributed by atoms with Gasteiger partial charge in [-0.3, -0.25) is 4.79 Å². The molecule has 1 aliphatic rings. The van der Waals surface area contributed by atoms with Crippen molar-refractivity contribution < 1.29 is 13.7 Å². The third kappa shape index (κ3) is 3.31. The highest BCUT2D eigenvalue weighted by atomic mass is 35.5. The van der Waals surface area contributed by atoms with Crippen molar-refractivity contribution in [2.24, 2.45) is 0 Å². The average Bonchev–Trinajstić information content (AvgIpc) is 3.18. The van der Waals surface area contributed by atoms with Crippen LogP contribution in [0, 0.1) is 5.82 Å². The molecule has 1 aromatic heterocycles. The number of likely N-dealkylation sites (tertiary alicyclic amines) is 1. The molecule has 0 N–H and O–H groups in total. The van der Waals surface area contributed by atoms with Crippen molar-refractivity contribution in [3.05, 3.63) is 52.1 Å². The number of hydrogen-bond acceptors (Lipinski definition) is 3. The van der Waals surface area contributed by atoms with E-state index >= 15 is 0 Å². The van der Waals surface area contributed by atoms with Crippen LogP contribution in [0.3, 0.4) is 0 Å². The van der Waals surface area contributed by atoms with Crippen molar-refractivity contribution in [3.63, 3.8) is 0 Å². The molecule has 128 valence electrons. The maximum absolute atomic E-state index is 13.9. The van der Waals surface area contributed by atoms with Crippen LogP contribution in [0.1, 0.15) is 55.7 Å². The van der Waals surface area contributed by atoms with Crippen LogP contribution in [-0.2, 0) is 11.2 Å². The zero-order valence-electron chi connectivity index (χ0n) is 13.8. The number of carbonyl (C=O) groups is 1. The Labute approximate surface area is 145 Å². The Hall–Kier alpha value is -1.88. The van der Waals surface area contributed by atoms with Gasteiger partial charge in [0.05, 0.1) is 12.5 Å². The van der Waals surface area contributed by atoms with Crippen LogP contribution >= 0.6 is 11.6 Å². The fourth-order valence-corrected chi connectivity index (χ4v) is 3.29. The molecule has 6 heteroatoms. The summed E-state index contributed by atoms with van der Waals surface area (Å²) in [4.78, 5) is 14.4. The molecule has 4 nitrogen and oxygen atoms in total. The Kier molecular flexibility index (Phi) is 4.90. The summed E-state index contributed by atoms with van der Waals surface area (Å²) in [6.45, 7) is 4.70. The van der Waals surface area contributed by atoms with Gasteiger partial charge in [-0.15, -0.1) is 0 Å². The van der Waals surface area contributed by atoms with Gasteiger partial charge in [-0.2, -0.15) is 0 Å². The molecular formula is C18H20ClFN2O2. The molecule has 1 fully saturated rings. The minimum atomic E-state index is -0.449. The number of aromatic nitrogens is 1. The molecule has 0 saturated carbocycles. The number of hydrogen-bond donors (Lipinski definition) is 0. The molecular weight excluding hydrogens is 331 g/mol. The fourth-order valence-electron chi connectivity index (χ4n) is 3.06. The van der Waals surface area contributed by atoms with Crippen molar-refractivity contribution in [2.45, 2.75) is 45.1 Å². The van der Waals surface area contributed by atoms with Crippen LogP contribution in [-0.4, -0.2) is 22.5 Å². The predicted octanol–water partition coefficient (Wildman–Crippen LogP) is 4.50. The normalized spacial score (nSPS) is 17.7. The SMILES string of the molecule is CC(C)c1cc(C2CCCN2C(=O)Cc2c(F)cccc2Cl)no1. The molecule has 0 aliphatic carbocycles. The lowest BCUT2D eigenvalue weighted by atomic mass is 10.1. The molecule has 1 saturated heterocycles. The molecule has 1 unspecified atom stereocenters. The highest BCUT2D eigenvalue weighted by Crippen LogP contribution is 2.33. The third-order valence-electron chi connectivity index (χ3n) is 4.42. The van der Waals surface area contributed by atoms with E-state index in [0.717, 1.165) is 24.3 Å². The van der Waals surface area contributed by atoms with Crippen LogP contribution < -0.4 is 0 Å². The maximum Gasteiger partial charge on any atom is 0.227 e. The minimum Gasteiger partial charge on any atom is -0.361 e. The van der Waals surface area contributed by atoms with Gasteiger partial charge in [0.25, 0.3) is 0 Å². The molecule has 0 radical (unpaired) electrons. The van der Waals surface area contributed by atoms with Gasteiger partial charge in [0, 0.05) is 29.1 Å². The minimum absolute atomic E-state index is 0.0447. The lowest BCUT2D eigenvalue weighted by Crippen LogP contribution is -2.32. The predicted molar refractivity (Wildman–Crippen MR) is 89.4 cm³/mol. The molecule has 1 aromatic carbocycles. The van der Waals surface area contributed by atoms with Gasteiger partial charge in [0.1, 0.15) is 17.3 Å². The highest BCUT2D eigenvalue weighted by molar-refractivity contribution is 6.31. The van der Waals surface area contributed by atoms with Crippen molar-refractivity contribution in [3.8, 4) is 0 Å². The second-order valence-electron chi connectivity index (χ2n) is 6.43. The van der Waals surface area contributed by atoms with E-state index in [1.165, 1.54) is 12.1 Å². The fraction of sp³-hybridized carbons (Fsp3) is 0.444. The monoisotopic (exact) mass is 350 g/mol. The first-order valence-electron chi connectivity index (χ1n) is 8.16. The van der Waals surface area contributed by atoms with Crippen LogP contribution in [0.5, 0.6) is 0 Å². The van der Waals surface area contributed by atoms with Crippen LogP contribution in [0.2, 0.25) is 5.02 Å². The molecule has 3 rings (SSSR count). The summed E-state index contributed by atoms with van der Waals surface area (Å²) in [5, 5.41) is 4.41. The van der Waals surface area contributed by atoms with Crippen molar-refractivity contribution >= 4 is 17.5 Å². The van der Waals surface area contributed by atoms with E-state index in [0.29, 0.717) is 6.54 Å². The maximum atomic E-state index is 13.9. The zero-order chi connectivity index (χ0) is 17.3. The van der Waals surface area contributed by atoms with E-state index in [4.69, 9.17) is 16.1 Å². The van der Waals surface area contributed by atoms with Gasteiger partial charge in [0.15, 0.2) is 0 Å². The molecule has 24 heavy (non-hydrogen) atoms. The number of carbonyl (C=O) groups excluding carboxylic acids is 1. The van der Waals surface area contributed by atoms with Crippen LogP contribution in [0.15, 0.2) is 28.8 Å². The molecule has 0 bridgehead atoms. The Bertz CT molecular complexity index is 724. The quantitative estimate of drug-likeness (QED) is 0.815. The standard InChI is InChI=1S/C18H20ClFN2O2/c1-11(2)17-10-15(21-24-17)16-7-4-8-22(16)18(23)9-12-13(19)5-3-6-14(12)20/h3,5-6,10-11,16H,4,7-9H2,1-2H3. The van der Waals surface area contributed by atoms with Gasteiger partial charge < -0.3 is 9.42 Å². The third-order valence-corrected chi connectivity index (χ3v) is 4.77. The first-order chi connectivity index (χ1) is 11.5. The largest absolute Gasteiger partial charge is 0.361 e. The molecule has 1 atom stereocenters. The Balaban J connectivity index is 1.78. The number of amides is 1. The van der Waals surface area contributed by atoms with Gasteiger partial charge >= 0.3 is 0 Å². The summed E-state index contributed by atoms with van der Waals surface area (Å²) in [6, 6.07) is 6.26. The number of nitrogens with zero attached hydrogens (tertiary/aromatic N) is 2. The Morgan fingerprint density at radius 2 is 2.29 bits per heavy atom. The summed E-state index contributed by atoms with van der Waals surface area (Å²) in [7, 11) is 0. The van der Waals surface area contributed by atoms with E-state index in [2.05, 4.69) is 5.16 Å². The molecule has 1 amide bonds. The summed E-state index contributed by atoms with van der Waals surface area (Å²) in [5.41, 5.74) is 1.02. The van der Waals surface area contributed by atoms with E-state index in [9.17, 15) is 9.18 Å². The second-order valence-corrected chi connectivity index (χ2v) is 6.84. The van der Waals surface area contributed by atoms with Gasteiger partial charge in [-0.05, 0) is 25.0 Å². The number of halogens is 2. The molecule has 2 aromatic rings. The topological polar surface area (TPSA) is 46.3 Å². The Morgan fingerprint density at radius 1 is 1.50 bits per heavy atom. The number of rotatable bonds is 4. The van der Waals surface area contributed by atoms with E-state index in [1.54, 1.807) is 11.0 Å². The zero-order valence-corrected chi connectivity index (χ0v) is 14.5. The average molecular weight is 351 g/mol. The summed E-state index contributed by atoms with van der Waals surface area (Å²) in [5.74, 6) is 0.462. The van der Waals surface area contributed by atoms with Crippen LogP contribution in [0.25, 0.3) is 0 Å². The second kappa shape index (κ2) is 6.93. The molecule has 2 heterocycles. The van der Waals surface area contributed by atoms with Gasteiger partial charge in [0.2, 0.25) is 5.91 Å². The molecule has 0 spiro atoms. The number of benzene rings is 1. The van der Waals surface area contributed by atoms with Crippen molar-refractivity contribution in [1.29, 1.82) is 0 Å². The first kappa shape index (κ1) is 17.0. The van der Waals surface area contributed by atoms with E-state index < -0.39 is 5.82 Å². The summed E-state index contributed by atoms with van der Waals surface area (Å²) < 4.78 is 19.3.